The molecule has 0 unspecified atom stereocenters. The SMILES string of the molecule is COc1cccc(C#N)c1NCC#N. The largest absolute Gasteiger partial charge is 0.495 e. The molecule has 0 saturated carbocycles. The maximum Gasteiger partial charge on any atom is 0.143 e. The number of nitrogens with one attached hydrogen (secondary N) is 1. The Hall–Kier alpha value is -2.20. The predicted molar refractivity (Wildman–Crippen MR) is 51.8 cm³/mol. The number of benzene rings is 1. The molecule has 0 amide bonds. The number of rotatable bonds is 3. The highest BCUT2D eigenvalue weighted by molar-refractivity contribution is 5.66. The maximum atomic E-state index is 8.81. The van der Waals surface area contributed by atoms with Gasteiger partial charge in [-0.15, -0.1) is 0 Å². The van der Waals surface area contributed by atoms with Crippen molar-refractivity contribution in [3.05, 3.63) is 23.8 Å². The summed E-state index contributed by atoms with van der Waals surface area (Å²) < 4.78 is 5.06. The van der Waals surface area contributed by atoms with Crippen LogP contribution in [0.1, 0.15) is 5.56 Å². The number of para-hydroxylation sites is 1. The molecule has 0 saturated heterocycles. The van der Waals surface area contributed by atoms with Gasteiger partial charge in [0, 0.05) is 0 Å². The minimum Gasteiger partial charge on any atom is -0.495 e. The second-order valence-corrected chi connectivity index (χ2v) is 2.51. The molecule has 0 aliphatic carbocycles. The highest BCUT2D eigenvalue weighted by Crippen LogP contribution is 2.27. The summed E-state index contributed by atoms with van der Waals surface area (Å²) in [6, 6.07) is 9.11. The first kappa shape index (κ1) is 9.88. The van der Waals surface area contributed by atoms with Gasteiger partial charge in [0.15, 0.2) is 0 Å². The van der Waals surface area contributed by atoms with Crippen molar-refractivity contribution in [1.82, 2.24) is 0 Å². The Morgan fingerprint density at radius 2 is 2.21 bits per heavy atom. The zero-order valence-corrected chi connectivity index (χ0v) is 7.74. The van der Waals surface area contributed by atoms with Gasteiger partial charge in [0.2, 0.25) is 0 Å². The molecule has 0 bridgehead atoms. The third-order valence-electron chi connectivity index (χ3n) is 1.71. The summed E-state index contributed by atoms with van der Waals surface area (Å²) in [5.74, 6) is 0.569. The third kappa shape index (κ3) is 1.94. The standard InChI is InChI=1S/C10H9N3O/c1-14-9-4-2-3-8(7-12)10(9)13-6-5-11/h2-4,13H,6H2,1H3. The normalized spacial score (nSPS) is 8.50. The number of methoxy groups -OCH3 is 1. The Morgan fingerprint density at radius 3 is 2.79 bits per heavy atom. The van der Waals surface area contributed by atoms with Crippen molar-refractivity contribution >= 4 is 5.69 Å². The maximum absolute atomic E-state index is 8.81. The number of nitrogens with zero attached hydrogens (tertiary/aromatic N) is 2. The number of hydrogen-bond donors (Lipinski definition) is 1. The Balaban J connectivity index is 3.09. The summed E-state index contributed by atoms with van der Waals surface area (Å²) in [5.41, 5.74) is 1.04. The third-order valence-corrected chi connectivity index (χ3v) is 1.71. The van der Waals surface area contributed by atoms with E-state index in [4.69, 9.17) is 15.3 Å². The molecule has 14 heavy (non-hydrogen) atoms. The van der Waals surface area contributed by atoms with E-state index in [1.807, 2.05) is 12.1 Å². The van der Waals surface area contributed by atoms with Crippen LogP contribution in [0.4, 0.5) is 5.69 Å². The highest BCUT2D eigenvalue weighted by Gasteiger charge is 2.06. The van der Waals surface area contributed by atoms with Crippen molar-refractivity contribution in [2.45, 2.75) is 0 Å². The molecule has 0 spiro atoms. The molecule has 0 aromatic heterocycles. The number of nitriles is 2. The van der Waals surface area contributed by atoms with E-state index in [-0.39, 0.29) is 6.54 Å². The monoisotopic (exact) mass is 187 g/mol. The molecule has 1 aromatic rings. The predicted octanol–water partition coefficient (Wildman–Crippen LogP) is 1.50. The van der Waals surface area contributed by atoms with E-state index in [0.717, 1.165) is 0 Å². The quantitative estimate of drug-likeness (QED) is 0.728. The molecule has 0 radical (unpaired) electrons. The van der Waals surface area contributed by atoms with Gasteiger partial charge >= 0.3 is 0 Å². The first-order valence-electron chi connectivity index (χ1n) is 4.01. The second kappa shape index (κ2) is 4.74. The fourth-order valence-corrected chi connectivity index (χ4v) is 1.10. The van der Waals surface area contributed by atoms with Crippen molar-refractivity contribution in [1.29, 1.82) is 10.5 Å². The van der Waals surface area contributed by atoms with E-state index in [2.05, 4.69) is 5.32 Å². The van der Waals surface area contributed by atoms with Gasteiger partial charge in [0.25, 0.3) is 0 Å². The van der Waals surface area contributed by atoms with Crippen LogP contribution in [0.5, 0.6) is 5.75 Å². The van der Waals surface area contributed by atoms with Gasteiger partial charge in [-0.2, -0.15) is 10.5 Å². The lowest BCUT2D eigenvalue weighted by atomic mass is 10.2. The van der Waals surface area contributed by atoms with E-state index in [1.165, 1.54) is 7.11 Å². The molecule has 0 fully saturated rings. The average Bonchev–Trinajstić information content (AvgIpc) is 2.25. The van der Waals surface area contributed by atoms with Gasteiger partial charge < -0.3 is 10.1 Å². The lowest BCUT2D eigenvalue weighted by Crippen LogP contribution is -2.02. The molecule has 1 rings (SSSR count). The number of ether oxygens (including phenoxy) is 1. The van der Waals surface area contributed by atoms with Gasteiger partial charge in [0.1, 0.15) is 18.4 Å². The van der Waals surface area contributed by atoms with Crippen LogP contribution in [0, 0.1) is 22.7 Å². The molecular weight excluding hydrogens is 178 g/mol. The van der Waals surface area contributed by atoms with Crippen molar-refractivity contribution in [3.8, 4) is 17.9 Å². The number of hydrogen-bond acceptors (Lipinski definition) is 4. The van der Waals surface area contributed by atoms with Crippen LogP contribution in [0.15, 0.2) is 18.2 Å². The fraction of sp³-hybridized carbons (Fsp3) is 0.200. The van der Waals surface area contributed by atoms with Crippen LogP contribution < -0.4 is 10.1 Å². The van der Waals surface area contributed by atoms with E-state index in [9.17, 15) is 0 Å². The van der Waals surface area contributed by atoms with Crippen molar-refractivity contribution in [2.24, 2.45) is 0 Å². The molecule has 0 aliphatic rings. The van der Waals surface area contributed by atoms with Crippen LogP contribution >= 0.6 is 0 Å². The number of anilines is 1. The summed E-state index contributed by atoms with van der Waals surface area (Å²) in [4.78, 5) is 0. The van der Waals surface area contributed by atoms with E-state index in [0.29, 0.717) is 17.0 Å². The minimum atomic E-state index is 0.148. The first-order valence-corrected chi connectivity index (χ1v) is 4.01. The fourth-order valence-electron chi connectivity index (χ4n) is 1.10. The molecule has 0 atom stereocenters. The Labute approximate surface area is 82.3 Å². The Bertz CT molecular complexity index is 401. The van der Waals surface area contributed by atoms with Crippen molar-refractivity contribution < 1.29 is 4.74 Å². The van der Waals surface area contributed by atoms with Crippen molar-refractivity contribution in [2.75, 3.05) is 19.0 Å². The Morgan fingerprint density at radius 1 is 1.43 bits per heavy atom. The Kier molecular flexibility index (Phi) is 3.34. The molecule has 0 heterocycles. The molecule has 70 valence electrons. The zero-order chi connectivity index (χ0) is 10.4. The van der Waals surface area contributed by atoms with Crippen LogP contribution in [-0.2, 0) is 0 Å². The zero-order valence-electron chi connectivity index (χ0n) is 7.74. The molecule has 1 aromatic carbocycles. The summed E-state index contributed by atoms with van der Waals surface area (Å²) in [6.07, 6.45) is 0. The van der Waals surface area contributed by atoms with E-state index < -0.39 is 0 Å². The molecule has 4 heteroatoms. The van der Waals surface area contributed by atoms with E-state index in [1.54, 1.807) is 18.2 Å². The molecule has 0 aliphatic heterocycles. The van der Waals surface area contributed by atoms with Crippen LogP contribution in [0.2, 0.25) is 0 Å². The van der Waals surface area contributed by atoms with Gasteiger partial charge in [-0.3, -0.25) is 0 Å². The second-order valence-electron chi connectivity index (χ2n) is 2.51. The summed E-state index contributed by atoms with van der Waals surface area (Å²) in [6.45, 7) is 0.148. The van der Waals surface area contributed by atoms with Gasteiger partial charge in [-0.25, -0.2) is 0 Å². The summed E-state index contributed by atoms with van der Waals surface area (Å²) in [5, 5.41) is 20.1. The molecule has 1 N–H and O–H groups in total. The topological polar surface area (TPSA) is 68.8 Å². The lowest BCUT2D eigenvalue weighted by Gasteiger charge is -2.09. The van der Waals surface area contributed by atoms with E-state index >= 15 is 0 Å². The van der Waals surface area contributed by atoms with Gasteiger partial charge in [-0.05, 0) is 12.1 Å². The lowest BCUT2D eigenvalue weighted by molar-refractivity contribution is 0.416. The minimum absolute atomic E-state index is 0.148. The molecular formula is C10H9N3O. The highest BCUT2D eigenvalue weighted by atomic mass is 16.5. The van der Waals surface area contributed by atoms with Crippen molar-refractivity contribution in [3.63, 3.8) is 0 Å². The van der Waals surface area contributed by atoms with Crippen LogP contribution in [0.25, 0.3) is 0 Å². The van der Waals surface area contributed by atoms with Gasteiger partial charge in [-0.1, -0.05) is 6.07 Å². The van der Waals surface area contributed by atoms with Crippen LogP contribution in [-0.4, -0.2) is 13.7 Å². The first-order chi connectivity index (χ1) is 6.83. The molecule has 4 nitrogen and oxygen atoms in total. The van der Waals surface area contributed by atoms with Gasteiger partial charge in [0.05, 0.1) is 24.4 Å². The van der Waals surface area contributed by atoms with Crippen LogP contribution in [0.3, 0.4) is 0 Å². The summed E-state index contributed by atoms with van der Waals surface area (Å²) in [7, 11) is 1.52. The summed E-state index contributed by atoms with van der Waals surface area (Å²) >= 11 is 0. The smallest absolute Gasteiger partial charge is 0.143 e. The average molecular weight is 187 g/mol.